The molecule has 7 heteroatoms. The molecule has 3 amide bonds. The lowest BCUT2D eigenvalue weighted by atomic mass is 10.1. The average molecular weight is 413 g/mol. The van der Waals surface area contributed by atoms with Gasteiger partial charge in [-0.2, -0.15) is 11.8 Å². The number of para-hydroxylation sites is 1. The first-order valence-electron chi connectivity index (χ1n) is 9.88. The van der Waals surface area contributed by atoms with Crippen LogP contribution in [0.15, 0.2) is 48.5 Å². The molecule has 0 saturated carbocycles. The van der Waals surface area contributed by atoms with Gasteiger partial charge in [0.1, 0.15) is 0 Å². The molecule has 1 aliphatic rings. The van der Waals surface area contributed by atoms with Crippen molar-refractivity contribution in [1.82, 2.24) is 10.2 Å². The molecule has 0 radical (unpaired) electrons. The maximum atomic E-state index is 12.7. The second-order valence-corrected chi connectivity index (χ2v) is 8.56. The molecule has 0 aliphatic carbocycles. The van der Waals surface area contributed by atoms with Gasteiger partial charge in [0.25, 0.3) is 5.91 Å². The summed E-state index contributed by atoms with van der Waals surface area (Å²) in [5.41, 5.74) is 3.15. The van der Waals surface area contributed by atoms with Crippen LogP contribution in [0.3, 0.4) is 0 Å². The van der Waals surface area contributed by atoms with Crippen molar-refractivity contribution in [3.63, 3.8) is 0 Å². The van der Waals surface area contributed by atoms with Gasteiger partial charge in [-0.05, 0) is 49.7 Å². The van der Waals surface area contributed by atoms with E-state index in [9.17, 15) is 9.59 Å². The predicted octanol–water partition coefficient (Wildman–Crippen LogP) is 4.02. The van der Waals surface area contributed by atoms with E-state index in [1.807, 2.05) is 43.8 Å². The SMILES string of the molecule is CC(C)NC(=O)Nc1ccc(C(=O)Nc2ccccc2CN2CCSCC2)cc1. The van der Waals surface area contributed by atoms with E-state index < -0.39 is 0 Å². The van der Waals surface area contributed by atoms with Crippen LogP contribution in [-0.4, -0.2) is 47.5 Å². The van der Waals surface area contributed by atoms with Crippen LogP contribution in [0.1, 0.15) is 29.8 Å². The molecule has 1 saturated heterocycles. The van der Waals surface area contributed by atoms with Crippen molar-refractivity contribution in [3.8, 4) is 0 Å². The van der Waals surface area contributed by atoms with Crippen LogP contribution in [0.25, 0.3) is 0 Å². The van der Waals surface area contributed by atoms with Gasteiger partial charge in [0.15, 0.2) is 0 Å². The molecule has 3 rings (SSSR count). The van der Waals surface area contributed by atoms with Crippen molar-refractivity contribution in [2.75, 3.05) is 35.2 Å². The van der Waals surface area contributed by atoms with Gasteiger partial charge in [0.2, 0.25) is 0 Å². The number of anilines is 2. The van der Waals surface area contributed by atoms with Crippen LogP contribution >= 0.6 is 11.8 Å². The van der Waals surface area contributed by atoms with Crippen LogP contribution in [0.4, 0.5) is 16.2 Å². The molecule has 0 spiro atoms. The first-order valence-corrected chi connectivity index (χ1v) is 11.0. The molecule has 6 nitrogen and oxygen atoms in total. The zero-order valence-corrected chi connectivity index (χ0v) is 17.7. The molecule has 0 atom stereocenters. The van der Waals surface area contributed by atoms with Crippen molar-refractivity contribution < 1.29 is 9.59 Å². The molecule has 0 bridgehead atoms. The summed E-state index contributed by atoms with van der Waals surface area (Å²) in [6, 6.07) is 14.6. The van der Waals surface area contributed by atoms with Gasteiger partial charge in [-0.15, -0.1) is 0 Å². The number of nitrogens with zero attached hydrogens (tertiary/aromatic N) is 1. The normalized spacial score (nSPS) is 14.4. The molecule has 0 aromatic heterocycles. The summed E-state index contributed by atoms with van der Waals surface area (Å²) in [4.78, 5) is 26.9. The monoisotopic (exact) mass is 412 g/mol. The third-order valence-corrected chi connectivity index (χ3v) is 5.53. The predicted molar refractivity (Wildman–Crippen MR) is 121 cm³/mol. The Labute approximate surface area is 176 Å². The minimum absolute atomic E-state index is 0.0591. The van der Waals surface area contributed by atoms with Gasteiger partial charge in [-0.25, -0.2) is 4.79 Å². The average Bonchev–Trinajstić information content (AvgIpc) is 2.70. The van der Waals surface area contributed by atoms with Gasteiger partial charge in [-0.3, -0.25) is 9.69 Å². The lowest BCUT2D eigenvalue weighted by Crippen LogP contribution is -2.34. The molecule has 1 heterocycles. The standard InChI is InChI=1S/C22H28N4O2S/c1-16(2)23-22(28)24-19-9-7-17(8-10-19)21(27)25-20-6-4-3-5-18(20)15-26-11-13-29-14-12-26/h3-10,16H,11-15H2,1-2H3,(H,25,27)(H2,23,24,28). The van der Waals surface area contributed by atoms with Gasteiger partial charge >= 0.3 is 6.03 Å². The highest BCUT2D eigenvalue weighted by Crippen LogP contribution is 2.21. The van der Waals surface area contributed by atoms with Gasteiger partial charge in [0.05, 0.1) is 0 Å². The van der Waals surface area contributed by atoms with Gasteiger partial charge < -0.3 is 16.0 Å². The summed E-state index contributed by atoms with van der Waals surface area (Å²) in [5.74, 6) is 2.15. The Kier molecular flexibility index (Phi) is 7.55. The Morgan fingerprint density at radius 2 is 1.69 bits per heavy atom. The number of hydrogen-bond acceptors (Lipinski definition) is 4. The zero-order valence-electron chi connectivity index (χ0n) is 16.9. The number of nitrogens with one attached hydrogen (secondary N) is 3. The minimum atomic E-state index is -0.262. The number of benzene rings is 2. The number of carbonyl (C=O) groups is 2. The highest BCUT2D eigenvalue weighted by atomic mass is 32.2. The number of thioether (sulfide) groups is 1. The number of amides is 3. The van der Waals surface area contributed by atoms with Crippen LogP contribution in [0, 0.1) is 0 Å². The topological polar surface area (TPSA) is 73.5 Å². The van der Waals surface area contributed by atoms with Crippen molar-refractivity contribution >= 4 is 35.1 Å². The quantitative estimate of drug-likeness (QED) is 0.670. The first-order chi connectivity index (χ1) is 14.0. The van der Waals surface area contributed by atoms with Crippen LogP contribution in [0.5, 0.6) is 0 Å². The van der Waals surface area contributed by atoms with E-state index in [1.165, 1.54) is 0 Å². The Morgan fingerprint density at radius 1 is 1.00 bits per heavy atom. The van der Waals surface area contributed by atoms with Gasteiger partial charge in [0, 0.05) is 54.1 Å². The lowest BCUT2D eigenvalue weighted by Gasteiger charge is -2.27. The third kappa shape index (κ3) is 6.51. The van der Waals surface area contributed by atoms with Crippen LogP contribution < -0.4 is 16.0 Å². The second kappa shape index (κ2) is 10.3. The number of carbonyl (C=O) groups excluding carboxylic acids is 2. The maximum Gasteiger partial charge on any atom is 0.319 e. The summed E-state index contributed by atoms with van der Waals surface area (Å²) >= 11 is 1.99. The fourth-order valence-corrected chi connectivity index (χ4v) is 4.09. The Morgan fingerprint density at radius 3 is 2.38 bits per heavy atom. The molecular weight excluding hydrogens is 384 g/mol. The summed E-state index contributed by atoms with van der Waals surface area (Å²) in [6.45, 7) is 6.78. The fraction of sp³-hybridized carbons (Fsp3) is 0.364. The number of hydrogen-bond donors (Lipinski definition) is 3. The van der Waals surface area contributed by atoms with E-state index in [2.05, 4.69) is 26.9 Å². The van der Waals surface area contributed by atoms with Crippen molar-refractivity contribution in [2.45, 2.75) is 26.4 Å². The Hall–Kier alpha value is -2.51. The van der Waals surface area contributed by atoms with Gasteiger partial charge in [-0.1, -0.05) is 18.2 Å². The van der Waals surface area contributed by atoms with Crippen molar-refractivity contribution in [3.05, 3.63) is 59.7 Å². The summed E-state index contributed by atoms with van der Waals surface area (Å²) < 4.78 is 0. The Balaban J connectivity index is 1.62. The molecule has 29 heavy (non-hydrogen) atoms. The minimum Gasteiger partial charge on any atom is -0.336 e. The maximum absolute atomic E-state index is 12.7. The van der Waals surface area contributed by atoms with E-state index in [1.54, 1.807) is 24.3 Å². The van der Waals surface area contributed by atoms with E-state index in [4.69, 9.17) is 0 Å². The number of urea groups is 1. The zero-order chi connectivity index (χ0) is 20.6. The van der Waals surface area contributed by atoms with E-state index in [0.717, 1.165) is 42.4 Å². The molecule has 0 unspecified atom stereocenters. The molecule has 3 N–H and O–H groups in total. The van der Waals surface area contributed by atoms with Crippen molar-refractivity contribution in [1.29, 1.82) is 0 Å². The summed E-state index contributed by atoms with van der Waals surface area (Å²) in [6.07, 6.45) is 0. The highest BCUT2D eigenvalue weighted by molar-refractivity contribution is 7.99. The Bertz CT molecular complexity index is 833. The molecule has 154 valence electrons. The molecule has 2 aromatic carbocycles. The molecule has 1 aliphatic heterocycles. The molecule has 2 aromatic rings. The summed E-state index contributed by atoms with van der Waals surface area (Å²) in [7, 11) is 0. The molecular formula is C22H28N4O2S. The van der Waals surface area contributed by atoms with E-state index >= 15 is 0 Å². The van der Waals surface area contributed by atoms with Crippen molar-refractivity contribution in [2.24, 2.45) is 0 Å². The van der Waals surface area contributed by atoms with E-state index in [-0.39, 0.29) is 18.0 Å². The first kappa shape index (κ1) is 21.2. The largest absolute Gasteiger partial charge is 0.336 e. The lowest BCUT2D eigenvalue weighted by molar-refractivity contribution is 0.102. The smallest absolute Gasteiger partial charge is 0.319 e. The molecule has 1 fully saturated rings. The summed E-state index contributed by atoms with van der Waals surface area (Å²) in [5, 5.41) is 8.55. The third-order valence-electron chi connectivity index (χ3n) is 4.59. The second-order valence-electron chi connectivity index (χ2n) is 7.33. The fourth-order valence-electron chi connectivity index (χ4n) is 3.11. The number of rotatable bonds is 6. The van der Waals surface area contributed by atoms with Crippen LogP contribution in [-0.2, 0) is 6.54 Å². The van der Waals surface area contributed by atoms with Crippen LogP contribution in [0.2, 0.25) is 0 Å². The van der Waals surface area contributed by atoms with E-state index in [0.29, 0.717) is 11.3 Å². The highest BCUT2D eigenvalue weighted by Gasteiger charge is 2.14.